The van der Waals surface area contributed by atoms with Crippen LogP contribution in [0.3, 0.4) is 0 Å². The van der Waals surface area contributed by atoms with Gasteiger partial charge in [-0.1, -0.05) is 105 Å². The van der Waals surface area contributed by atoms with Gasteiger partial charge in [-0.05, 0) is 137 Å². The highest BCUT2D eigenvalue weighted by molar-refractivity contribution is 14.3. The van der Waals surface area contributed by atoms with Crippen molar-refractivity contribution in [1.29, 1.82) is 0 Å². The molecule has 3 heterocycles. The van der Waals surface area contributed by atoms with Gasteiger partial charge in [-0.2, -0.15) is 0 Å². The molecular formula is C46H98I4N10O. The maximum absolute atomic E-state index is 10.7. The first-order valence-corrected chi connectivity index (χ1v) is 29.2. The van der Waals surface area contributed by atoms with E-state index in [0.717, 1.165) is 55.8 Å². The summed E-state index contributed by atoms with van der Waals surface area (Å²) < 4.78 is 0.743. The third-order valence-corrected chi connectivity index (χ3v) is 14.1. The van der Waals surface area contributed by atoms with E-state index >= 15 is 0 Å². The van der Waals surface area contributed by atoms with Crippen LogP contribution in [-0.4, -0.2) is 203 Å². The molecule has 7 fully saturated rings. The number of ketones is 1. The molecule has 0 amide bonds. The zero-order chi connectivity index (χ0) is 43.6. The van der Waals surface area contributed by atoms with Gasteiger partial charge < -0.3 is 36.4 Å². The number of hydrogen-bond donors (Lipinski definition) is 4. The van der Waals surface area contributed by atoms with Crippen LogP contribution in [0.15, 0.2) is 0 Å². The third-order valence-electron chi connectivity index (χ3n) is 14.1. The van der Waals surface area contributed by atoms with Gasteiger partial charge in [0.25, 0.3) is 0 Å². The van der Waals surface area contributed by atoms with Crippen LogP contribution in [0.1, 0.15) is 118 Å². The van der Waals surface area contributed by atoms with Gasteiger partial charge in [0.05, 0.1) is 0 Å². The molecule has 0 aromatic heterocycles. The smallest absolute Gasteiger partial charge is 0.133 e. The van der Waals surface area contributed by atoms with Crippen molar-refractivity contribution in [2.24, 2.45) is 5.73 Å². The molecule has 3 aliphatic heterocycles. The molecule has 4 saturated carbocycles. The van der Waals surface area contributed by atoms with Gasteiger partial charge in [0, 0.05) is 134 Å². The number of halogens is 4. The van der Waals surface area contributed by atoms with Gasteiger partial charge in [0.2, 0.25) is 0 Å². The molecule has 7 rings (SSSR count). The fourth-order valence-corrected chi connectivity index (χ4v) is 9.72. The molecule has 0 spiro atoms. The second kappa shape index (κ2) is 38.1. The van der Waals surface area contributed by atoms with Crippen molar-refractivity contribution in [3.05, 3.63) is 0 Å². The van der Waals surface area contributed by atoms with Gasteiger partial charge >= 0.3 is 0 Å². The molecule has 5 N–H and O–H groups in total. The van der Waals surface area contributed by atoms with E-state index in [1.807, 2.05) is 12.0 Å². The lowest BCUT2D eigenvalue weighted by molar-refractivity contribution is -0.120. The van der Waals surface area contributed by atoms with Crippen LogP contribution >= 0.6 is 90.4 Å². The Hall–Kier alpha value is 2.19. The first-order chi connectivity index (χ1) is 28.4. The zero-order valence-electron chi connectivity index (χ0n) is 38.6. The molecule has 0 atom stereocenters. The van der Waals surface area contributed by atoms with Crippen LogP contribution in [0, 0.1) is 0 Å². The number of nitrogens with zero attached hydrogens (tertiary/aromatic N) is 6. The summed E-state index contributed by atoms with van der Waals surface area (Å²) in [7, 11) is 12.8. The molecule has 0 aromatic rings. The van der Waals surface area contributed by atoms with E-state index in [4.69, 9.17) is 5.73 Å². The van der Waals surface area contributed by atoms with Crippen molar-refractivity contribution in [1.82, 2.24) is 45.3 Å². The Morgan fingerprint density at radius 2 is 0.689 bits per heavy atom. The average molecular weight is 1310 g/mol. The Labute approximate surface area is 433 Å². The fraction of sp³-hybridized carbons (Fsp3) is 0.978. The van der Waals surface area contributed by atoms with Gasteiger partial charge in [0.1, 0.15) is 5.72 Å². The second-order valence-corrected chi connectivity index (χ2v) is 28.9. The topological polar surface area (TPSA) is 98.6 Å². The molecular weight excluding hydrogens is 1220 g/mol. The van der Waals surface area contributed by atoms with Crippen molar-refractivity contribution in [3.8, 4) is 0 Å². The highest BCUT2D eigenvalue weighted by Crippen LogP contribution is 2.26. The molecule has 7 aliphatic rings. The zero-order valence-corrected chi connectivity index (χ0v) is 47.2. The lowest BCUT2D eigenvalue weighted by Crippen LogP contribution is -2.50. The highest BCUT2D eigenvalue weighted by Gasteiger charge is 2.29. The average Bonchev–Trinajstić information content (AvgIpc) is 3.26. The van der Waals surface area contributed by atoms with E-state index in [2.05, 4.69) is 171 Å². The van der Waals surface area contributed by atoms with E-state index < -0.39 is 0 Å². The Kier molecular flexibility index (Phi) is 39.5. The lowest BCUT2D eigenvalue weighted by atomic mass is 9.90. The molecule has 61 heavy (non-hydrogen) atoms. The number of nitrogens with one attached hydrogen (secondary N) is 3. The molecule has 11 nitrogen and oxygen atoms in total. The minimum Gasteiger partial charge on any atom is -0.328 e. The summed E-state index contributed by atoms with van der Waals surface area (Å²) in [5.41, 5.74) is 5.92. The van der Waals surface area contributed by atoms with Crippen LogP contribution < -0.4 is 21.7 Å². The molecule has 0 bridgehead atoms. The lowest BCUT2D eigenvalue weighted by Gasteiger charge is -2.41. The van der Waals surface area contributed by atoms with E-state index in [1.165, 1.54) is 156 Å². The van der Waals surface area contributed by atoms with Crippen LogP contribution in [0.2, 0.25) is 0 Å². The predicted octanol–water partition coefficient (Wildman–Crippen LogP) is 7.65. The first kappa shape index (κ1) is 63.2. The molecule has 0 unspecified atom stereocenters. The largest absolute Gasteiger partial charge is 0.328 e. The maximum atomic E-state index is 10.7. The van der Waals surface area contributed by atoms with Crippen LogP contribution in [0.25, 0.3) is 0 Å². The predicted molar refractivity (Wildman–Crippen MR) is 303 cm³/mol. The summed E-state index contributed by atoms with van der Waals surface area (Å²) in [5.74, 6) is 0.432. The van der Waals surface area contributed by atoms with Gasteiger partial charge in [-0.25, -0.2) is 0 Å². The number of alkyl halides is 4. The van der Waals surface area contributed by atoms with Crippen molar-refractivity contribution >= 4 is 96.1 Å². The standard InChI is InChI=1S/2C12H25N3.C11H23N3.C7H13NO.CHI3.CH3I.2CH4/c2*1-13-11-3-5-12(6-4-11)15-9-7-14(2)8-10-15;1-13-6-8-14(9-7-13)11-4-2-10(12)3-5-11;1-8-6-2-4-7(9)5-3-6;2-1(3)4;1-2;;/h2*11-13H,3-10H2,1-2H3;10-11H,2-9,12H2,1H3;6,8H,2-5H2,1H3;1H;1H3;2*1H4. The Bertz CT molecular complexity index is 934. The summed E-state index contributed by atoms with van der Waals surface area (Å²) in [6.45, 7) is 15.2. The molecule has 0 radical (unpaired) electrons. The number of likely N-dealkylation sites (N-methyl/N-ethyl adjacent to an activating group) is 3. The summed E-state index contributed by atoms with van der Waals surface area (Å²) >= 11 is 9.10. The second-order valence-electron chi connectivity index (χ2n) is 18.0. The van der Waals surface area contributed by atoms with E-state index in [9.17, 15) is 4.79 Å². The highest BCUT2D eigenvalue weighted by atomic mass is 127. The SMILES string of the molecule is C.C.CI.CN1CCN(C2CCC(N)CC2)CC1.CNC1CCC(=O)CC1.CNC1CCC(N2CCN(C)CC2)CC1.CNC1CCC(N2CCN(C)CC2)CC1.IC(I)I. The van der Waals surface area contributed by atoms with Gasteiger partial charge in [-0.15, -0.1) is 0 Å². The van der Waals surface area contributed by atoms with Crippen molar-refractivity contribution in [2.75, 3.05) is 126 Å². The molecule has 15 heteroatoms. The maximum Gasteiger partial charge on any atom is 0.133 e. The molecule has 3 saturated heterocycles. The Morgan fingerprint density at radius 3 is 0.934 bits per heavy atom. The number of nitrogens with two attached hydrogens (primary N) is 1. The summed E-state index contributed by atoms with van der Waals surface area (Å²) in [6.07, 6.45) is 19.8. The number of rotatable bonds is 6. The van der Waals surface area contributed by atoms with Gasteiger partial charge in [-0.3, -0.25) is 19.5 Å². The quantitative estimate of drug-likeness (QED) is 0.156. The molecule has 4 aliphatic carbocycles. The normalized spacial score (nSPS) is 30.1. The van der Waals surface area contributed by atoms with Crippen molar-refractivity contribution in [3.63, 3.8) is 0 Å². The minimum absolute atomic E-state index is 0. The Balaban J connectivity index is 0.000000754. The van der Waals surface area contributed by atoms with Crippen molar-refractivity contribution in [2.45, 2.75) is 160 Å². The third kappa shape index (κ3) is 27.7. The van der Waals surface area contributed by atoms with E-state index in [1.54, 1.807) is 0 Å². The minimum atomic E-state index is 0. The Morgan fingerprint density at radius 1 is 0.459 bits per heavy atom. The molecule has 0 aromatic carbocycles. The number of piperazine rings is 3. The summed E-state index contributed by atoms with van der Waals surface area (Å²) in [5, 5.41) is 9.99. The number of carbonyl (C=O) groups is 1. The fourth-order valence-electron chi connectivity index (χ4n) is 9.72. The van der Waals surface area contributed by atoms with Gasteiger partial charge in [0.15, 0.2) is 0 Å². The monoisotopic (exact) mass is 1310 g/mol. The molecule has 366 valence electrons. The van der Waals surface area contributed by atoms with E-state index in [-0.39, 0.29) is 14.9 Å². The van der Waals surface area contributed by atoms with Crippen molar-refractivity contribution < 1.29 is 4.79 Å². The number of Topliss-reactive ketones (excluding diaryl/α,β-unsaturated/α-hetero) is 1. The first-order valence-electron chi connectivity index (χ1n) is 23.3. The summed E-state index contributed by atoms with van der Waals surface area (Å²) in [4.78, 5) is 28.1. The summed E-state index contributed by atoms with van der Waals surface area (Å²) in [6, 6.07) is 5.25. The van der Waals surface area contributed by atoms with Crippen LogP contribution in [0.5, 0.6) is 0 Å². The number of carbonyl (C=O) groups excluding carboxylic acids is 1. The number of hydrogen-bond acceptors (Lipinski definition) is 11. The van der Waals surface area contributed by atoms with Crippen LogP contribution in [0.4, 0.5) is 0 Å². The van der Waals surface area contributed by atoms with E-state index in [0.29, 0.717) is 17.9 Å². The van der Waals surface area contributed by atoms with Crippen LogP contribution in [-0.2, 0) is 4.79 Å².